The molecule has 1 aliphatic carbocycles. The molecule has 1 aromatic heterocycles. The number of pyridine rings is 1. The lowest BCUT2D eigenvalue weighted by Crippen LogP contribution is -2.45. The third-order valence-electron chi connectivity index (χ3n) is 3.89. The fourth-order valence-corrected chi connectivity index (χ4v) is 2.56. The van der Waals surface area contributed by atoms with Gasteiger partial charge in [0.25, 0.3) is 5.56 Å². The number of allylic oxidation sites excluding steroid dienone is 2. The fourth-order valence-electron chi connectivity index (χ4n) is 2.56. The Hall–Kier alpha value is -1.57. The van der Waals surface area contributed by atoms with E-state index in [1.54, 1.807) is 4.57 Å². The van der Waals surface area contributed by atoms with Gasteiger partial charge in [-0.05, 0) is 35.6 Å². The summed E-state index contributed by atoms with van der Waals surface area (Å²) in [5.41, 5.74) is 2.59. The molecular formula is C19H29NO. The lowest BCUT2D eigenvalue weighted by atomic mass is 10.00. The van der Waals surface area contributed by atoms with E-state index in [9.17, 15) is 4.79 Å². The molecule has 0 aliphatic heterocycles. The zero-order valence-corrected chi connectivity index (χ0v) is 14.5. The maximum atomic E-state index is 12.5. The number of rotatable bonds is 2. The molecule has 0 bridgehead atoms. The van der Waals surface area contributed by atoms with Crippen molar-refractivity contribution in [2.24, 2.45) is 13.0 Å². The van der Waals surface area contributed by atoms with Crippen LogP contribution in [0.1, 0.15) is 59.6 Å². The molecule has 0 saturated carbocycles. The van der Waals surface area contributed by atoms with Gasteiger partial charge in [0, 0.05) is 18.0 Å². The van der Waals surface area contributed by atoms with Crippen LogP contribution in [0.25, 0.3) is 12.2 Å². The standard InChI is InChI=1S/C17H23NO.C2H6/c1-11(2)13-6-7-14-10-16(12(3)4)18(5)17(19)15(14)9-8-13;1-2/h7-12H,6H2,1-5H3;1-2H3. The molecule has 0 aromatic carbocycles. The van der Waals surface area contributed by atoms with Gasteiger partial charge in [-0.15, -0.1) is 0 Å². The number of nitrogens with zero attached hydrogens (tertiary/aromatic N) is 1. The van der Waals surface area contributed by atoms with Crippen molar-refractivity contribution in [3.8, 4) is 0 Å². The van der Waals surface area contributed by atoms with Gasteiger partial charge in [0.2, 0.25) is 0 Å². The minimum Gasteiger partial charge on any atom is -0.315 e. The van der Waals surface area contributed by atoms with E-state index in [2.05, 4.69) is 45.9 Å². The first-order valence-electron chi connectivity index (χ1n) is 8.02. The van der Waals surface area contributed by atoms with Crippen LogP contribution in [0.4, 0.5) is 0 Å². The summed E-state index contributed by atoms with van der Waals surface area (Å²) in [6, 6.07) is 2.16. The third-order valence-corrected chi connectivity index (χ3v) is 3.89. The van der Waals surface area contributed by atoms with Crippen molar-refractivity contribution in [3.63, 3.8) is 0 Å². The van der Waals surface area contributed by atoms with Gasteiger partial charge in [-0.25, -0.2) is 0 Å². The normalized spacial score (nSPS) is 13.5. The zero-order valence-electron chi connectivity index (χ0n) is 14.5. The van der Waals surface area contributed by atoms with Crippen molar-refractivity contribution in [1.82, 2.24) is 4.57 Å². The molecule has 0 fully saturated rings. The van der Waals surface area contributed by atoms with Gasteiger partial charge in [-0.3, -0.25) is 4.79 Å². The molecule has 2 rings (SSSR count). The molecule has 1 heterocycles. The molecule has 0 N–H and O–H groups in total. The largest absolute Gasteiger partial charge is 0.315 e. The highest BCUT2D eigenvalue weighted by Gasteiger charge is 2.09. The predicted molar refractivity (Wildman–Crippen MR) is 92.8 cm³/mol. The molecule has 0 radical (unpaired) electrons. The molecule has 0 spiro atoms. The van der Waals surface area contributed by atoms with Crippen LogP contribution in [0.15, 0.2) is 22.5 Å². The SMILES string of the molecule is CC.CC(C)C1=CC=c2c(cc(C(C)C)n(C)c2=O)=CC1. The Bertz CT molecular complexity index is 688. The molecule has 0 atom stereocenters. The zero-order chi connectivity index (χ0) is 16.2. The van der Waals surface area contributed by atoms with Crippen LogP contribution < -0.4 is 16.0 Å². The number of hydrogen-bond donors (Lipinski definition) is 0. The first-order chi connectivity index (χ1) is 9.91. The Labute approximate surface area is 128 Å². The average Bonchev–Trinajstić information content (AvgIpc) is 2.67. The number of hydrogen-bond acceptors (Lipinski definition) is 1. The smallest absolute Gasteiger partial charge is 0.258 e. The van der Waals surface area contributed by atoms with Crippen LogP contribution in [0, 0.1) is 5.92 Å². The first-order valence-corrected chi connectivity index (χ1v) is 8.02. The lowest BCUT2D eigenvalue weighted by molar-refractivity contribution is 0.700. The maximum absolute atomic E-state index is 12.5. The van der Waals surface area contributed by atoms with E-state index in [0.29, 0.717) is 11.8 Å². The molecule has 0 amide bonds. The van der Waals surface area contributed by atoms with Gasteiger partial charge in [0.05, 0.1) is 0 Å². The van der Waals surface area contributed by atoms with Gasteiger partial charge < -0.3 is 4.57 Å². The van der Waals surface area contributed by atoms with Crippen molar-refractivity contribution in [2.75, 3.05) is 0 Å². The Kier molecular flexibility index (Phi) is 6.19. The van der Waals surface area contributed by atoms with Crippen LogP contribution in [0.5, 0.6) is 0 Å². The first kappa shape index (κ1) is 17.5. The van der Waals surface area contributed by atoms with E-state index in [-0.39, 0.29) is 5.56 Å². The third kappa shape index (κ3) is 3.75. The summed E-state index contributed by atoms with van der Waals surface area (Å²) < 4.78 is 1.78. The van der Waals surface area contributed by atoms with Crippen LogP contribution in [-0.4, -0.2) is 4.57 Å². The van der Waals surface area contributed by atoms with E-state index in [1.807, 2.05) is 27.0 Å². The highest BCUT2D eigenvalue weighted by molar-refractivity contribution is 5.47. The van der Waals surface area contributed by atoms with Gasteiger partial charge in [-0.2, -0.15) is 0 Å². The monoisotopic (exact) mass is 287 g/mol. The molecule has 21 heavy (non-hydrogen) atoms. The highest BCUT2D eigenvalue weighted by atomic mass is 16.1. The fraction of sp³-hybridized carbons (Fsp3) is 0.526. The van der Waals surface area contributed by atoms with Crippen molar-refractivity contribution in [1.29, 1.82) is 0 Å². The van der Waals surface area contributed by atoms with Crippen molar-refractivity contribution in [3.05, 3.63) is 44.2 Å². The van der Waals surface area contributed by atoms with Gasteiger partial charge in [0.15, 0.2) is 0 Å². The van der Waals surface area contributed by atoms with Gasteiger partial charge in [0.1, 0.15) is 0 Å². The van der Waals surface area contributed by atoms with Crippen molar-refractivity contribution < 1.29 is 0 Å². The molecule has 1 aromatic rings. The summed E-state index contributed by atoms with van der Waals surface area (Å²) in [5, 5.41) is 1.90. The van der Waals surface area contributed by atoms with E-state index in [1.165, 1.54) is 5.57 Å². The summed E-state index contributed by atoms with van der Waals surface area (Å²) in [4.78, 5) is 12.5. The number of fused-ring (bicyclic) bond motifs is 1. The second-order valence-corrected chi connectivity index (χ2v) is 5.93. The van der Waals surface area contributed by atoms with Crippen LogP contribution in [-0.2, 0) is 7.05 Å². The highest BCUT2D eigenvalue weighted by Crippen LogP contribution is 2.15. The predicted octanol–water partition coefficient (Wildman–Crippen LogP) is 3.08. The van der Waals surface area contributed by atoms with Crippen molar-refractivity contribution >= 4 is 12.2 Å². The van der Waals surface area contributed by atoms with E-state index < -0.39 is 0 Å². The second-order valence-electron chi connectivity index (χ2n) is 5.93. The van der Waals surface area contributed by atoms with Crippen LogP contribution >= 0.6 is 0 Å². The Balaban J connectivity index is 0.00000106. The summed E-state index contributed by atoms with van der Waals surface area (Å²) in [6.07, 6.45) is 7.23. The van der Waals surface area contributed by atoms with Crippen LogP contribution in [0.2, 0.25) is 0 Å². The molecule has 0 saturated heterocycles. The lowest BCUT2D eigenvalue weighted by Gasteiger charge is -2.11. The van der Waals surface area contributed by atoms with E-state index in [0.717, 1.165) is 22.6 Å². The Morgan fingerprint density at radius 1 is 1.05 bits per heavy atom. The van der Waals surface area contributed by atoms with E-state index in [4.69, 9.17) is 0 Å². The second kappa shape index (κ2) is 7.44. The summed E-state index contributed by atoms with van der Waals surface area (Å²) in [5.74, 6) is 0.882. The Morgan fingerprint density at radius 3 is 2.19 bits per heavy atom. The summed E-state index contributed by atoms with van der Waals surface area (Å²) in [6.45, 7) is 12.6. The van der Waals surface area contributed by atoms with E-state index >= 15 is 0 Å². The van der Waals surface area contributed by atoms with Crippen LogP contribution in [0.3, 0.4) is 0 Å². The Morgan fingerprint density at radius 2 is 1.67 bits per heavy atom. The van der Waals surface area contributed by atoms with Gasteiger partial charge in [-0.1, -0.05) is 59.3 Å². The average molecular weight is 287 g/mol. The van der Waals surface area contributed by atoms with Crippen molar-refractivity contribution in [2.45, 2.75) is 53.9 Å². The molecule has 2 heteroatoms. The quantitative estimate of drug-likeness (QED) is 0.819. The molecule has 116 valence electrons. The topological polar surface area (TPSA) is 22.0 Å². The van der Waals surface area contributed by atoms with Gasteiger partial charge >= 0.3 is 0 Å². The minimum atomic E-state index is 0.110. The molecule has 1 aliphatic rings. The molecule has 2 nitrogen and oxygen atoms in total. The maximum Gasteiger partial charge on any atom is 0.258 e. The minimum absolute atomic E-state index is 0.110. The summed E-state index contributed by atoms with van der Waals surface area (Å²) in [7, 11) is 1.86. The summed E-state index contributed by atoms with van der Waals surface area (Å²) >= 11 is 0. The molecular weight excluding hydrogens is 258 g/mol. The number of aromatic nitrogens is 1. The molecule has 0 unspecified atom stereocenters.